The number of hydroxylamine groups is 3. The maximum atomic E-state index is 15.0. The number of piperazine rings is 1. The molecule has 1 fully saturated rings. The van der Waals surface area contributed by atoms with Crippen molar-refractivity contribution < 1.29 is 33.6 Å². The van der Waals surface area contributed by atoms with Crippen LogP contribution in [-0.4, -0.2) is 71.2 Å². The van der Waals surface area contributed by atoms with Gasteiger partial charge in [-0.25, -0.2) is 9.18 Å². The Balaban J connectivity index is 0.000000628. The van der Waals surface area contributed by atoms with Crippen molar-refractivity contribution in [2.24, 2.45) is 0 Å². The Labute approximate surface area is 176 Å². The van der Waals surface area contributed by atoms with Crippen molar-refractivity contribution in [1.29, 1.82) is 0 Å². The van der Waals surface area contributed by atoms with Gasteiger partial charge in [0.2, 0.25) is 5.43 Å². The molecule has 1 aromatic carbocycles. The minimum Gasteiger partial charge on any atom is -0.633 e. The zero-order valence-electron chi connectivity index (χ0n) is 17.4. The number of carboxylic acids is 2. The lowest BCUT2D eigenvalue weighted by Crippen LogP contribution is -2.54. The molecule has 2 aliphatic heterocycles. The van der Waals surface area contributed by atoms with E-state index < -0.39 is 28.7 Å². The van der Waals surface area contributed by atoms with Crippen LogP contribution in [0.5, 0.6) is 5.75 Å². The number of ether oxygens (including phenoxy) is 1. The van der Waals surface area contributed by atoms with Crippen molar-refractivity contribution in [1.82, 2.24) is 4.57 Å². The van der Waals surface area contributed by atoms with Crippen LogP contribution in [0.3, 0.4) is 0 Å². The number of pyridine rings is 1. The van der Waals surface area contributed by atoms with Crippen LogP contribution in [0, 0.1) is 11.0 Å². The molecular weight excluding hydrogens is 413 g/mol. The van der Waals surface area contributed by atoms with Crippen LogP contribution >= 0.6 is 0 Å². The quantitative estimate of drug-likeness (QED) is 0.535. The average molecular weight is 437 g/mol. The van der Waals surface area contributed by atoms with Gasteiger partial charge in [0.25, 0.3) is 5.97 Å². The molecule has 1 atom stereocenters. The number of likely N-dealkylation sites (N-methyl/N-ethyl adjacent to an activating group) is 1. The van der Waals surface area contributed by atoms with Crippen molar-refractivity contribution in [2.45, 2.75) is 19.9 Å². The number of halogens is 1. The lowest BCUT2D eigenvalue weighted by Gasteiger charge is -2.46. The van der Waals surface area contributed by atoms with E-state index >= 15 is 4.39 Å². The third kappa shape index (κ3) is 4.32. The fourth-order valence-electron chi connectivity index (χ4n) is 3.77. The number of carboxylic acid groups (broad SMARTS) is 2. The Bertz CT molecular complexity index is 1100. The second-order valence-corrected chi connectivity index (χ2v) is 7.93. The molecule has 2 N–H and O–H groups in total. The summed E-state index contributed by atoms with van der Waals surface area (Å²) >= 11 is 0. The van der Waals surface area contributed by atoms with Gasteiger partial charge in [0.15, 0.2) is 11.6 Å². The van der Waals surface area contributed by atoms with Gasteiger partial charge in [-0.2, -0.15) is 0 Å². The molecule has 168 valence electrons. The fraction of sp³-hybridized carbons (Fsp3) is 0.450. The molecule has 0 saturated carbocycles. The highest BCUT2D eigenvalue weighted by molar-refractivity contribution is 5.97. The van der Waals surface area contributed by atoms with Gasteiger partial charge in [-0.3, -0.25) is 9.59 Å². The van der Waals surface area contributed by atoms with Gasteiger partial charge in [0, 0.05) is 13.1 Å². The summed E-state index contributed by atoms with van der Waals surface area (Å²) in [5.41, 5.74) is -0.511. The monoisotopic (exact) mass is 437 g/mol. The summed E-state index contributed by atoms with van der Waals surface area (Å²) in [7, 11) is 1.58. The minimum absolute atomic E-state index is 0.0147. The average Bonchev–Trinajstić information content (AvgIpc) is 2.66. The zero-order chi connectivity index (χ0) is 23.1. The van der Waals surface area contributed by atoms with Crippen LogP contribution in [0.25, 0.3) is 10.9 Å². The summed E-state index contributed by atoms with van der Waals surface area (Å²) in [5.74, 6) is -2.60. The van der Waals surface area contributed by atoms with E-state index in [0.717, 1.165) is 13.0 Å². The number of hydrogen-bond acceptors (Lipinski definition) is 6. The van der Waals surface area contributed by atoms with Crippen molar-refractivity contribution in [3.8, 4) is 5.75 Å². The number of benzene rings is 1. The van der Waals surface area contributed by atoms with E-state index in [4.69, 9.17) is 14.6 Å². The summed E-state index contributed by atoms with van der Waals surface area (Å²) < 4.78 is 22.1. The van der Waals surface area contributed by atoms with Gasteiger partial charge < -0.3 is 34.3 Å². The van der Waals surface area contributed by atoms with E-state index in [1.807, 2.05) is 6.92 Å². The summed E-state index contributed by atoms with van der Waals surface area (Å²) in [5, 5.41) is 28.8. The zero-order valence-corrected chi connectivity index (χ0v) is 17.4. The molecule has 0 spiro atoms. The van der Waals surface area contributed by atoms with Crippen LogP contribution in [0.4, 0.5) is 10.1 Å². The second kappa shape index (κ2) is 8.16. The third-order valence-electron chi connectivity index (χ3n) is 5.37. The van der Waals surface area contributed by atoms with Gasteiger partial charge in [0.05, 0.1) is 50.2 Å². The first-order chi connectivity index (χ1) is 14.4. The van der Waals surface area contributed by atoms with Gasteiger partial charge in [-0.05, 0) is 13.0 Å². The highest BCUT2D eigenvalue weighted by Gasteiger charge is 2.32. The maximum absolute atomic E-state index is 15.0. The molecule has 0 aliphatic carbocycles. The number of aliphatic carboxylic acids is 1. The van der Waals surface area contributed by atoms with E-state index in [0.29, 0.717) is 31.7 Å². The van der Waals surface area contributed by atoms with E-state index in [2.05, 4.69) is 0 Å². The van der Waals surface area contributed by atoms with E-state index in [9.17, 15) is 19.9 Å². The van der Waals surface area contributed by atoms with Crippen molar-refractivity contribution >= 4 is 28.5 Å². The van der Waals surface area contributed by atoms with Crippen LogP contribution in [0.1, 0.15) is 30.2 Å². The molecular formula is C20H24FN3O7. The molecule has 0 unspecified atom stereocenters. The number of aromatic carboxylic acids is 1. The Morgan fingerprint density at radius 1 is 1.29 bits per heavy atom. The van der Waals surface area contributed by atoms with Crippen LogP contribution < -0.4 is 15.1 Å². The lowest BCUT2D eigenvalue weighted by molar-refractivity contribution is -0.861. The first-order valence-corrected chi connectivity index (χ1v) is 9.70. The number of anilines is 1. The number of quaternary nitrogens is 1. The normalized spacial score (nSPS) is 19.3. The molecule has 3 heterocycles. The van der Waals surface area contributed by atoms with E-state index in [-0.39, 0.29) is 34.1 Å². The van der Waals surface area contributed by atoms with Gasteiger partial charge in [-0.1, -0.05) is 0 Å². The SMILES string of the molecule is CC(=O)O.C[C@@H]1COc2c(N3CC[N+](C)([O-])CC3)c(F)cc3c(=O)c(C(=O)O)cn1c23. The molecule has 0 amide bonds. The highest BCUT2D eigenvalue weighted by atomic mass is 19.1. The van der Waals surface area contributed by atoms with E-state index in [1.54, 1.807) is 16.5 Å². The van der Waals surface area contributed by atoms with Crippen molar-refractivity contribution in [3.63, 3.8) is 0 Å². The van der Waals surface area contributed by atoms with Crippen LogP contribution in [0.15, 0.2) is 17.1 Å². The molecule has 4 rings (SSSR count). The molecule has 11 heteroatoms. The summed E-state index contributed by atoms with van der Waals surface area (Å²) in [6, 6.07) is 0.876. The first-order valence-electron chi connectivity index (χ1n) is 9.70. The molecule has 1 aromatic heterocycles. The number of aromatic nitrogens is 1. The predicted molar refractivity (Wildman–Crippen MR) is 110 cm³/mol. The third-order valence-corrected chi connectivity index (χ3v) is 5.37. The predicted octanol–water partition coefficient (Wildman–Crippen LogP) is 1.65. The molecule has 10 nitrogen and oxygen atoms in total. The smallest absolute Gasteiger partial charge is 0.341 e. The maximum Gasteiger partial charge on any atom is 0.341 e. The summed E-state index contributed by atoms with van der Waals surface area (Å²) in [6.45, 7) is 4.51. The second-order valence-electron chi connectivity index (χ2n) is 7.93. The highest BCUT2D eigenvalue weighted by Crippen LogP contribution is 2.42. The van der Waals surface area contributed by atoms with Crippen LogP contribution in [-0.2, 0) is 4.79 Å². The summed E-state index contributed by atoms with van der Waals surface area (Å²) in [6.07, 6.45) is 1.30. The summed E-state index contributed by atoms with van der Waals surface area (Å²) in [4.78, 5) is 34.8. The number of carbonyl (C=O) groups is 2. The Hall–Kier alpha value is -3.18. The van der Waals surface area contributed by atoms with Gasteiger partial charge in [-0.15, -0.1) is 0 Å². The van der Waals surface area contributed by atoms with E-state index in [1.165, 1.54) is 6.20 Å². The number of rotatable bonds is 2. The Morgan fingerprint density at radius 3 is 2.42 bits per heavy atom. The minimum atomic E-state index is -1.35. The van der Waals surface area contributed by atoms with Crippen LogP contribution in [0.2, 0.25) is 0 Å². The standard InChI is InChI=1S/C18H20FN3O5.C2H4O2/c1-10-9-27-17-14-11(16(23)12(18(24)25)8-21(10)14)7-13(19)15(17)20-3-5-22(2,26)6-4-20;1-2(3)4/h7-8,10H,3-6,9H2,1-2H3,(H,24,25);1H3,(H,3,4)/t10-;/m1./s1. The Kier molecular flexibility index (Phi) is 5.92. The van der Waals surface area contributed by atoms with Crippen molar-refractivity contribution in [3.05, 3.63) is 39.1 Å². The first kappa shape index (κ1) is 22.5. The number of hydrogen-bond donors (Lipinski definition) is 2. The molecule has 0 bridgehead atoms. The molecule has 0 radical (unpaired) electrons. The van der Waals surface area contributed by atoms with Crippen molar-refractivity contribution in [2.75, 3.05) is 44.7 Å². The Morgan fingerprint density at radius 2 is 1.87 bits per heavy atom. The van der Waals surface area contributed by atoms with Gasteiger partial charge in [0.1, 0.15) is 17.9 Å². The molecule has 2 aliphatic rings. The van der Waals surface area contributed by atoms with Gasteiger partial charge >= 0.3 is 5.97 Å². The topological polar surface area (TPSA) is 132 Å². The lowest BCUT2D eigenvalue weighted by atomic mass is 10.1. The molecule has 2 aromatic rings. The number of nitrogens with zero attached hydrogens (tertiary/aromatic N) is 3. The molecule has 31 heavy (non-hydrogen) atoms. The molecule has 1 saturated heterocycles. The largest absolute Gasteiger partial charge is 0.633 e. The fourth-order valence-corrected chi connectivity index (χ4v) is 3.77.